The Balaban J connectivity index is 1.46. The summed E-state index contributed by atoms with van der Waals surface area (Å²) in [6, 6.07) is 0. The molecular formula is C24H40O2. The van der Waals surface area contributed by atoms with E-state index in [1.54, 1.807) is 0 Å². The second kappa shape index (κ2) is 5.72. The van der Waals surface area contributed by atoms with Crippen LogP contribution in [0.25, 0.3) is 0 Å². The maximum absolute atomic E-state index is 9.48. The van der Waals surface area contributed by atoms with Gasteiger partial charge in [0, 0.05) is 19.1 Å². The quantitative estimate of drug-likeness (QED) is 0.738. The van der Waals surface area contributed by atoms with Crippen molar-refractivity contribution in [3.8, 4) is 0 Å². The Bertz CT molecular complexity index is 575. The predicted octanol–water partition coefficient (Wildman–Crippen LogP) is 5.29. The summed E-state index contributed by atoms with van der Waals surface area (Å²) >= 11 is 0. The summed E-state index contributed by atoms with van der Waals surface area (Å²) in [5, 5.41) is 9.48. The van der Waals surface area contributed by atoms with Gasteiger partial charge in [-0.3, -0.25) is 0 Å². The molecule has 0 amide bonds. The van der Waals surface area contributed by atoms with Crippen LogP contribution in [0.5, 0.6) is 0 Å². The smallest absolute Gasteiger partial charge is 0.0638 e. The molecule has 0 bridgehead atoms. The molecule has 2 heteroatoms. The van der Waals surface area contributed by atoms with Gasteiger partial charge in [-0.05, 0) is 104 Å². The Hall–Kier alpha value is -0.0800. The van der Waals surface area contributed by atoms with E-state index in [2.05, 4.69) is 20.8 Å². The molecule has 0 aromatic carbocycles. The van der Waals surface area contributed by atoms with Gasteiger partial charge in [0.1, 0.15) is 0 Å². The van der Waals surface area contributed by atoms with E-state index >= 15 is 0 Å². The standard InChI is InChI=1S/C24H40O2/c1-15(9-12-25)18-5-6-19-17-13-21(26-4)24-14-16(24)7-11-23(24,3)20(17)8-10-22(18,19)2/h15-21,25H,5-14H2,1-4H3/t15-,16?,17+,18?,19+,20+,21-,22-,23-,24?/m1/s1. The average Bonchev–Trinajstić information content (AvgIpc) is 3.12. The second-order valence-electron chi connectivity index (χ2n) is 11.5. The molecule has 148 valence electrons. The fraction of sp³-hybridized carbons (Fsp3) is 1.00. The maximum atomic E-state index is 9.48. The molecule has 5 rings (SSSR count). The summed E-state index contributed by atoms with van der Waals surface area (Å²) in [6.45, 7) is 8.06. The first-order valence-corrected chi connectivity index (χ1v) is 11.6. The number of fused-ring (bicyclic) bond motifs is 4. The third kappa shape index (κ3) is 1.97. The molecule has 5 saturated carbocycles. The van der Waals surface area contributed by atoms with Crippen LogP contribution >= 0.6 is 0 Å². The largest absolute Gasteiger partial charge is 0.396 e. The SMILES string of the molecule is CO[C@@H]1C[C@H]2[C@@H]3CCC([C@H](C)CCO)[C@@]3(C)CC[C@@H]2[C@@]2(C)CCC3CC312. The van der Waals surface area contributed by atoms with Gasteiger partial charge in [0.05, 0.1) is 6.10 Å². The van der Waals surface area contributed by atoms with Crippen molar-refractivity contribution in [2.75, 3.05) is 13.7 Å². The first-order valence-electron chi connectivity index (χ1n) is 11.6. The lowest BCUT2D eigenvalue weighted by molar-refractivity contribution is -0.161. The van der Waals surface area contributed by atoms with Crippen LogP contribution < -0.4 is 0 Å². The number of aliphatic hydroxyl groups excluding tert-OH is 1. The molecule has 0 aromatic heterocycles. The van der Waals surface area contributed by atoms with Gasteiger partial charge in [-0.15, -0.1) is 0 Å². The second-order valence-corrected chi connectivity index (χ2v) is 11.5. The molecule has 0 aliphatic heterocycles. The summed E-state index contributed by atoms with van der Waals surface area (Å²) < 4.78 is 6.23. The van der Waals surface area contributed by atoms with Crippen LogP contribution in [0.3, 0.4) is 0 Å². The third-order valence-electron chi connectivity index (χ3n) is 11.2. The van der Waals surface area contributed by atoms with Crippen molar-refractivity contribution in [2.45, 2.75) is 84.7 Å². The number of hydrogen-bond donors (Lipinski definition) is 1. The van der Waals surface area contributed by atoms with Crippen LogP contribution in [0.15, 0.2) is 0 Å². The van der Waals surface area contributed by atoms with Gasteiger partial charge < -0.3 is 9.84 Å². The molecule has 1 spiro atoms. The lowest BCUT2D eigenvalue weighted by Gasteiger charge is -2.61. The number of hydrogen-bond acceptors (Lipinski definition) is 2. The normalized spacial score (nSPS) is 58.5. The van der Waals surface area contributed by atoms with Crippen LogP contribution in [-0.4, -0.2) is 24.9 Å². The molecule has 5 aliphatic rings. The van der Waals surface area contributed by atoms with Crippen molar-refractivity contribution in [3.63, 3.8) is 0 Å². The summed E-state index contributed by atoms with van der Waals surface area (Å²) in [6.07, 6.45) is 13.0. The van der Waals surface area contributed by atoms with E-state index in [1.807, 2.05) is 7.11 Å². The molecule has 3 unspecified atom stereocenters. The highest BCUT2D eigenvalue weighted by atomic mass is 16.5. The number of methoxy groups -OCH3 is 1. The summed E-state index contributed by atoms with van der Waals surface area (Å²) in [5.74, 6) is 5.22. The minimum absolute atomic E-state index is 0.359. The fourth-order valence-corrected chi connectivity index (χ4v) is 9.96. The Morgan fingerprint density at radius 3 is 2.58 bits per heavy atom. The van der Waals surface area contributed by atoms with Gasteiger partial charge in [0.2, 0.25) is 0 Å². The van der Waals surface area contributed by atoms with E-state index in [0.29, 0.717) is 34.9 Å². The molecule has 2 nitrogen and oxygen atoms in total. The fourth-order valence-electron chi connectivity index (χ4n) is 9.96. The molecule has 5 aliphatic carbocycles. The lowest BCUT2D eigenvalue weighted by atomic mass is 9.45. The molecule has 1 N–H and O–H groups in total. The van der Waals surface area contributed by atoms with E-state index in [-0.39, 0.29) is 0 Å². The highest BCUT2D eigenvalue weighted by molar-refractivity contribution is 5.26. The Morgan fingerprint density at radius 1 is 1.08 bits per heavy atom. The van der Waals surface area contributed by atoms with Gasteiger partial charge in [0.15, 0.2) is 0 Å². The first kappa shape index (κ1) is 18.0. The van der Waals surface area contributed by atoms with Crippen molar-refractivity contribution in [1.29, 1.82) is 0 Å². The van der Waals surface area contributed by atoms with Gasteiger partial charge in [-0.2, -0.15) is 0 Å². The number of ether oxygens (including phenoxy) is 1. The Morgan fingerprint density at radius 2 is 1.88 bits per heavy atom. The Kier molecular flexibility index (Phi) is 3.96. The minimum atomic E-state index is 0.359. The van der Waals surface area contributed by atoms with E-state index in [9.17, 15) is 5.11 Å². The van der Waals surface area contributed by atoms with Crippen molar-refractivity contribution in [1.82, 2.24) is 0 Å². The highest BCUT2D eigenvalue weighted by Crippen LogP contribution is 2.82. The zero-order valence-corrected chi connectivity index (χ0v) is 17.5. The van der Waals surface area contributed by atoms with E-state index < -0.39 is 0 Å². The van der Waals surface area contributed by atoms with Crippen LogP contribution in [0, 0.1) is 51.8 Å². The minimum Gasteiger partial charge on any atom is -0.396 e. The molecule has 26 heavy (non-hydrogen) atoms. The number of aliphatic hydroxyl groups is 1. The van der Waals surface area contributed by atoms with E-state index in [1.165, 1.54) is 51.4 Å². The van der Waals surface area contributed by atoms with Crippen molar-refractivity contribution < 1.29 is 9.84 Å². The Labute approximate surface area is 160 Å². The monoisotopic (exact) mass is 360 g/mol. The van der Waals surface area contributed by atoms with Crippen LogP contribution in [-0.2, 0) is 4.74 Å². The summed E-state index contributed by atoms with van der Waals surface area (Å²) in [4.78, 5) is 0. The van der Waals surface area contributed by atoms with Crippen LogP contribution in [0.4, 0.5) is 0 Å². The van der Waals surface area contributed by atoms with Gasteiger partial charge >= 0.3 is 0 Å². The van der Waals surface area contributed by atoms with Gasteiger partial charge in [0.25, 0.3) is 0 Å². The average molecular weight is 361 g/mol. The number of rotatable bonds is 4. The molecular weight excluding hydrogens is 320 g/mol. The molecule has 0 radical (unpaired) electrons. The first-order chi connectivity index (χ1) is 12.4. The van der Waals surface area contributed by atoms with Crippen LogP contribution in [0.1, 0.15) is 78.6 Å². The predicted molar refractivity (Wildman–Crippen MR) is 105 cm³/mol. The van der Waals surface area contributed by atoms with Crippen molar-refractivity contribution in [3.05, 3.63) is 0 Å². The molecule has 0 heterocycles. The van der Waals surface area contributed by atoms with Gasteiger partial charge in [-0.25, -0.2) is 0 Å². The molecule has 10 atom stereocenters. The third-order valence-corrected chi connectivity index (χ3v) is 11.2. The van der Waals surface area contributed by atoms with Crippen molar-refractivity contribution >= 4 is 0 Å². The molecule has 5 fully saturated rings. The molecule has 0 saturated heterocycles. The summed E-state index contributed by atoms with van der Waals surface area (Å²) in [7, 11) is 2.00. The van der Waals surface area contributed by atoms with Gasteiger partial charge in [-0.1, -0.05) is 20.8 Å². The van der Waals surface area contributed by atoms with Crippen LogP contribution in [0.2, 0.25) is 0 Å². The molecule has 0 aromatic rings. The zero-order valence-electron chi connectivity index (χ0n) is 17.5. The maximum Gasteiger partial charge on any atom is 0.0638 e. The van der Waals surface area contributed by atoms with Crippen molar-refractivity contribution in [2.24, 2.45) is 51.8 Å². The lowest BCUT2D eigenvalue weighted by Crippen LogP contribution is -2.57. The highest BCUT2D eigenvalue weighted by Gasteiger charge is 2.77. The zero-order chi connectivity index (χ0) is 18.3. The topological polar surface area (TPSA) is 29.5 Å². The van der Waals surface area contributed by atoms with E-state index in [0.717, 1.165) is 36.0 Å². The summed E-state index contributed by atoms with van der Waals surface area (Å²) in [5.41, 5.74) is 1.62. The van der Waals surface area contributed by atoms with E-state index in [4.69, 9.17) is 4.74 Å².